The van der Waals surface area contributed by atoms with Crippen molar-refractivity contribution >= 4 is 29.3 Å². The average molecular weight is 412 g/mol. The van der Waals surface area contributed by atoms with Crippen molar-refractivity contribution in [2.45, 2.75) is 24.4 Å². The van der Waals surface area contributed by atoms with Crippen LogP contribution in [0.15, 0.2) is 59.8 Å². The summed E-state index contributed by atoms with van der Waals surface area (Å²) >= 11 is 1.29. The zero-order valence-electron chi connectivity index (χ0n) is 15.9. The molecule has 1 saturated heterocycles. The Kier molecular flexibility index (Phi) is 6.09. The van der Waals surface area contributed by atoms with Crippen LogP contribution in [0.4, 0.5) is 16.0 Å². The number of carbonyl (C=O) groups excluding carboxylic acids is 1. The Hall–Kier alpha value is -2.87. The van der Waals surface area contributed by atoms with Crippen LogP contribution in [0.3, 0.4) is 0 Å². The number of para-hydroxylation sites is 2. The highest BCUT2D eigenvalue weighted by atomic mass is 32.2. The van der Waals surface area contributed by atoms with Gasteiger partial charge in [-0.25, -0.2) is 4.39 Å². The van der Waals surface area contributed by atoms with E-state index in [0.29, 0.717) is 5.16 Å². The molecule has 0 spiro atoms. The third-order valence-corrected chi connectivity index (χ3v) is 5.68. The van der Waals surface area contributed by atoms with Gasteiger partial charge in [-0.05, 0) is 43.5 Å². The highest BCUT2D eigenvalue weighted by molar-refractivity contribution is 7.99. The van der Waals surface area contributed by atoms with Gasteiger partial charge in [0.2, 0.25) is 11.9 Å². The lowest BCUT2D eigenvalue weighted by Crippen LogP contribution is -2.31. The smallest absolute Gasteiger partial charge is 0.234 e. The van der Waals surface area contributed by atoms with Crippen molar-refractivity contribution in [3.8, 4) is 5.69 Å². The Balaban J connectivity index is 1.53. The third kappa shape index (κ3) is 4.59. The number of piperidine rings is 1. The zero-order chi connectivity index (χ0) is 20.1. The molecule has 29 heavy (non-hydrogen) atoms. The van der Waals surface area contributed by atoms with E-state index in [1.807, 2.05) is 34.9 Å². The fourth-order valence-corrected chi connectivity index (χ4v) is 4.08. The van der Waals surface area contributed by atoms with E-state index >= 15 is 0 Å². The molecule has 2 heterocycles. The molecule has 0 saturated carbocycles. The third-order valence-electron chi connectivity index (χ3n) is 4.75. The Morgan fingerprint density at radius 3 is 2.48 bits per heavy atom. The van der Waals surface area contributed by atoms with Crippen molar-refractivity contribution in [1.29, 1.82) is 0 Å². The maximum Gasteiger partial charge on any atom is 0.234 e. The molecule has 1 fully saturated rings. The highest BCUT2D eigenvalue weighted by Gasteiger charge is 2.22. The van der Waals surface area contributed by atoms with Crippen molar-refractivity contribution in [2.24, 2.45) is 0 Å². The van der Waals surface area contributed by atoms with Gasteiger partial charge in [-0.1, -0.05) is 42.1 Å². The molecule has 8 heteroatoms. The molecule has 0 unspecified atom stereocenters. The van der Waals surface area contributed by atoms with Crippen LogP contribution in [-0.4, -0.2) is 39.5 Å². The Morgan fingerprint density at radius 2 is 1.72 bits per heavy atom. The number of aromatic nitrogens is 3. The number of nitrogens with zero attached hydrogens (tertiary/aromatic N) is 4. The van der Waals surface area contributed by atoms with Gasteiger partial charge < -0.3 is 10.2 Å². The summed E-state index contributed by atoms with van der Waals surface area (Å²) in [6.07, 6.45) is 3.50. The van der Waals surface area contributed by atoms with Gasteiger partial charge in [0.1, 0.15) is 5.82 Å². The summed E-state index contributed by atoms with van der Waals surface area (Å²) in [5.74, 6) is 0.167. The second-order valence-electron chi connectivity index (χ2n) is 6.82. The van der Waals surface area contributed by atoms with E-state index < -0.39 is 5.82 Å². The summed E-state index contributed by atoms with van der Waals surface area (Å²) in [7, 11) is 0. The molecular formula is C21H22FN5OS. The zero-order valence-corrected chi connectivity index (χ0v) is 16.7. The summed E-state index contributed by atoms with van der Waals surface area (Å²) in [5, 5.41) is 12.0. The molecule has 0 atom stereocenters. The topological polar surface area (TPSA) is 63.1 Å². The van der Waals surface area contributed by atoms with Crippen molar-refractivity contribution in [1.82, 2.24) is 14.8 Å². The van der Waals surface area contributed by atoms with Gasteiger partial charge in [0, 0.05) is 13.1 Å². The summed E-state index contributed by atoms with van der Waals surface area (Å²) < 4.78 is 15.7. The van der Waals surface area contributed by atoms with Crippen molar-refractivity contribution < 1.29 is 9.18 Å². The minimum absolute atomic E-state index is 0.110. The number of thioether (sulfide) groups is 1. The van der Waals surface area contributed by atoms with Crippen LogP contribution in [0, 0.1) is 5.82 Å². The first-order chi connectivity index (χ1) is 14.2. The molecule has 1 aliphatic rings. The Bertz CT molecular complexity index is 972. The van der Waals surface area contributed by atoms with E-state index in [4.69, 9.17) is 0 Å². The lowest BCUT2D eigenvalue weighted by molar-refractivity contribution is -0.113. The van der Waals surface area contributed by atoms with E-state index in [-0.39, 0.29) is 17.3 Å². The normalized spacial score (nSPS) is 14.0. The van der Waals surface area contributed by atoms with Crippen LogP contribution < -0.4 is 10.2 Å². The van der Waals surface area contributed by atoms with E-state index in [0.717, 1.165) is 37.6 Å². The Labute approximate surface area is 173 Å². The van der Waals surface area contributed by atoms with Crippen molar-refractivity contribution in [3.05, 3.63) is 60.4 Å². The fourth-order valence-electron chi connectivity index (χ4n) is 3.34. The summed E-state index contributed by atoms with van der Waals surface area (Å²) in [5.41, 5.74) is 1.13. The van der Waals surface area contributed by atoms with E-state index in [2.05, 4.69) is 20.4 Å². The molecule has 1 amide bonds. The first-order valence-corrected chi connectivity index (χ1v) is 10.6. The summed E-state index contributed by atoms with van der Waals surface area (Å²) in [4.78, 5) is 14.6. The van der Waals surface area contributed by atoms with Gasteiger partial charge in [-0.2, -0.15) is 0 Å². The molecule has 3 aromatic rings. The predicted molar refractivity (Wildman–Crippen MR) is 113 cm³/mol. The number of anilines is 2. The van der Waals surface area contributed by atoms with Gasteiger partial charge in [0.05, 0.1) is 17.1 Å². The second kappa shape index (κ2) is 9.09. The highest BCUT2D eigenvalue weighted by Crippen LogP contribution is 2.28. The van der Waals surface area contributed by atoms with Crippen LogP contribution >= 0.6 is 11.8 Å². The van der Waals surface area contributed by atoms with Crippen LogP contribution in [0.2, 0.25) is 0 Å². The quantitative estimate of drug-likeness (QED) is 0.618. The lowest BCUT2D eigenvalue weighted by Gasteiger charge is -2.27. The fraction of sp³-hybridized carbons (Fsp3) is 0.286. The predicted octanol–water partition coefficient (Wildman–Crippen LogP) is 4.13. The summed E-state index contributed by atoms with van der Waals surface area (Å²) in [6, 6.07) is 16.0. The van der Waals surface area contributed by atoms with Crippen LogP contribution in [-0.2, 0) is 4.79 Å². The van der Waals surface area contributed by atoms with Gasteiger partial charge in [-0.15, -0.1) is 10.2 Å². The number of benzene rings is 2. The van der Waals surface area contributed by atoms with Crippen molar-refractivity contribution in [2.75, 3.05) is 29.1 Å². The number of carbonyl (C=O) groups is 1. The van der Waals surface area contributed by atoms with Crippen LogP contribution in [0.1, 0.15) is 19.3 Å². The van der Waals surface area contributed by atoms with Crippen molar-refractivity contribution in [3.63, 3.8) is 0 Å². The molecule has 4 rings (SSSR count). The molecule has 0 aliphatic carbocycles. The molecular weight excluding hydrogens is 389 g/mol. The van der Waals surface area contributed by atoms with Gasteiger partial charge in [0.25, 0.3) is 0 Å². The monoisotopic (exact) mass is 411 g/mol. The first kappa shape index (κ1) is 19.4. The lowest BCUT2D eigenvalue weighted by atomic mass is 10.1. The molecule has 1 N–H and O–H groups in total. The molecule has 1 aliphatic heterocycles. The van der Waals surface area contributed by atoms with E-state index in [9.17, 15) is 9.18 Å². The molecule has 0 bridgehead atoms. The molecule has 150 valence electrons. The number of halogens is 1. The minimum Gasteiger partial charge on any atom is -0.341 e. The average Bonchev–Trinajstić information content (AvgIpc) is 3.19. The minimum atomic E-state index is -0.453. The second-order valence-corrected chi connectivity index (χ2v) is 7.76. The molecule has 2 aromatic carbocycles. The van der Waals surface area contributed by atoms with Crippen LogP contribution in [0.5, 0.6) is 0 Å². The van der Waals surface area contributed by atoms with Gasteiger partial charge in [-0.3, -0.25) is 9.36 Å². The summed E-state index contributed by atoms with van der Waals surface area (Å²) in [6.45, 7) is 1.90. The number of hydrogen-bond donors (Lipinski definition) is 1. The number of hydrogen-bond acceptors (Lipinski definition) is 5. The SMILES string of the molecule is O=C(CSc1nnc(N2CCCCC2)n1-c1ccccc1)Nc1ccccc1F. The van der Waals surface area contributed by atoms with E-state index in [1.54, 1.807) is 18.2 Å². The number of amides is 1. The molecule has 6 nitrogen and oxygen atoms in total. The number of nitrogens with one attached hydrogen (secondary N) is 1. The Morgan fingerprint density at radius 1 is 1.00 bits per heavy atom. The molecule has 0 radical (unpaired) electrons. The largest absolute Gasteiger partial charge is 0.341 e. The number of rotatable bonds is 6. The molecule has 1 aromatic heterocycles. The maximum atomic E-state index is 13.8. The first-order valence-electron chi connectivity index (χ1n) is 9.65. The van der Waals surface area contributed by atoms with E-state index in [1.165, 1.54) is 24.2 Å². The standard InChI is InChI=1S/C21H22FN5OS/c22-17-11-5-6-12-18(17)23-19(28)15-29-21-25-24-20(26-13-7-2-8-14-26)27(21)16-9-3-1-4-10-16/h1,3-6,9-12H,2,7-8,13-15H2,(H,23,28). The van der Waals surface area contributed by atoms with Gasteiger partial charge >= 0.3 is 0 Å². The van der Waals surface area contributed by atoms with Gasteiger partial charge in [0.15, 0.2) is 5.16 Å². The maximum absolute atomic E-state index is 13.8. The van der Waals surface area contributed by atoms with Crippen LogP contribution in [0.25, 0.3) is 5.69 Å².